The Labute approximate surface area is 67.7 Å². The molecule has 1 heterocycles. The highest BCUT2D eigenvalue weighted by atomic mass is 16.5. The van der Waals surface area contributed by atoms with Crippen molar-refractivity contribution in [3.63, 3.8) is 0 Å². The molecule has 0 atom stereocenters. The molecule has 0 aromatic carbocycles. The van der Waals surface area contributed by atoms with Gasteiger partial charge in [-0.2, -0.15) is 0 Å². The average molecular weight is 150 g/mol. The van der Waals surface area contributed by atoms with Crippen LogP contribution >= 0.6 is 0 Å². The highest BCUT2D eigenvalue weighted by Gasteiger charge is 2.15. The molecule has 0 saturated carbocycles. The van der Waals surface area contributed by atoms with Gasteiger partial charge in [0.1, 0.15) is 5.76 Å². The summed E-state index contributed by atoms with van der Waals surface area (Å²) >= 11 is 0. The summed E-state index contributed by atoms with van der Waals surface area (Å²) in [6, 6.07) is 0. The molecular weight excluding hydrogens is 136 g/mol. The highest BCUT2D eigenvalue weighted by molar-refractivity contribution is 5.29. The van der Waals surface area contributed by atoms with Crippen molar-refractivity contribution in [3.05, 3.63) is 23.0 Å². The van der Waals surface area contributed by atoms with Crippen molar-refractivity contribution < 1.29 is 4.74 Å². The smallest absolute Gasteiger partial charge is 0.118 e. The van der Waals surface area contributed by atoms with E-state index in [9.17, 15) is 0 Å². The molecule has 1 aliphatic heterocycles. The van der Waals surface area contributed by atoms with Crippen LogP contribution in [0.3, 0.4) is 0 Å². The summed E-state index contributed by atoms with van der Waals surface area (Å²) in [5.74, 6) is 1.18. The van der Waals surface area contributed by atoms with Gasteiger partial charge in [0, 0.05) is 0 Å². The molecular formula is C10H14O. The number of ether oxygens (including phenoxy) is 1. The van der Waals surface area contributed by atoms with E-state index in [1.807, 2.05) is 0 Å². The topological polar surface area (TPSA) is 9.23 Å². The molecule has 1 aliphatic carbocycles. The number of hydrogen-bond donors (Lipinski definition) is 0. The van der Waals surface area contributed by atoms with E-state index in [0.717, 1.165) is 6.61 Å². The minimum atomic E-state index is 0.919. The quantitative estimate of drug-likeness (QED) is 0.516. The van der Waals surface area contributed by atoms with Gasteiger partial charge in [0.2, 0.25) is 0 Å². The Morgan fingerprint density at radius 3 is 3.09 bits per heavy atom. The summed E-state index contributed by atoms with van der Waals surface area (Å²) in [4.78, 5) is 0. The first-order valence-corrected chi connectivity index (χ1v) is 4.38. The van der Waals surface area contributed by atoms with Crippen LogP contribution in [0.15, 0.2) is 23.0 Å². The Morgan fingerprint density at radius 1 is 1.27 bits per heavy atom. The molecule has 1 heteroatoms. The van der Waals surface area contributed by atoms with E-state index in [2.05, 4.69) is 13.0 Å². The van der Waals surface area contributed by atoms with E-state index in [4.69, 9.17) is 4.74 Å². The summed E-state index contributed by atoms with van der Waals surface area (Å²) in [5, 5.41) is 0. The molecule has 0 aromatic heterocycles. The fourth-order valence-corrected chi connectivity index (χ4v) is 1.73. The minimum absolute atomic E-state index is 0.919. The zero-order valence-corrected chi connectivity index (χ0v) is 7.02. The molecule has 0 radical (unpaired) electrons. The van der Waals surface area contributed by atoms with E-state index in [-0.39, 0.29) is 0 Å². The standard InChI is InChI=1S/C10H14O/c1-8-4-5-9-3-2-6-11-10(9)7-8/h7H,2-6H2,1H3. The van der Waals surface area contributed by atoms with E-state index in [1.165, 1.54) is 37.0 Å². The van der Waals surface area contributed by atoms with Crippen LogP contribution in [0, 0.1) is 0 Å². The molecule has 2 aliphatic rings. The van der Waals surface area contributed by atoms with Crippen LogP contribution in [-0.2, 0) is 4.74 Å². The minimum Gasteiger partial charge on any atom is -0.494 e. The third-order valence-corrected chi connectivity index (χ3v) is 2.43. The van der Waals surface area contributed by atoms with Crippen molar-refractivity contribution in [1.82, 2.24) is 0 Å². The number of rotatable bonds is 0. The third-order valence-electron chi connectivity index (χ3n) is 2.43. The lowest BCUT2D eigenvalue weighted by atomic mass is 9.93. The van der Waals surface area contributed by atoms with Crippen LogP contribution in [0.25, 0.3) is 0 Å². The lowest BCUT2D eigenvalue weighted by molar-refractivity contribution is 0.195. The summed E-state index contributed by atoms with van der Waals surface area (Å²) in [6.45, 7) is 3.10. The van der Waals surface area contributed by atoms with Crippen LogP contribution in [0.1, 0.15) is 32.6 Å². The fraction of sp³-hybridized carbons (Fsp3) is 0.600. The van der Waals surface area contributed by atoms with Gasteiger partial charge in [0.05, 0.1) is 6.61 Å². The van der Waals surface area contributed by atoms with Crippen LogP contribution in [0.4, 0.5) is 0 Å². The first kappa shape index (κ1) is 6.96. The molecule has 0 unspecified atom stereocenters. The predicted octanol–water partition coefficient (Wildman–Crippen LogP) is 2.79. The van der Waals surface area contributed by atoms with E-state index in [0.29, 0.717) is 0 Å². The largest absolute Gasteiger partial charge is 0.494 e. The van der Waals surface area contributed by atoms with Gasteiger partial charge >= 0.3 is 0 Å². The first-order valence-electron chi connectivity index (χ1n) is 4.38. The average Bonchev–Trinajstić information content (AvgIpc) is 2.04. The van der Waals surface area contributed by atoms with Crippen molar-refractivity contribution in [2.45, 2.75) is 32.6 Å². The second kappa shape index (κ2) is 2.72. The normalized spacial score (nSPS) is 23.9. The fourth-order valence-electron chi connectivity index (χ4n) is 1.73. The molecule has 0 N–H and O–H groups in total. The van der Waals surface area contributed by atoms with Crippen molar-refractivity contribution in [1.29, 1.82) is 0 Å². The van der Waals surface area contributed by atoms with Crippen LogP contribution in [0.5, 0.6) is 0 Å². The van der Waals surface area contributed by atoms with E-state index >= 15 is 0 Å². The Hall–Kier alpha value is -0.720. The molecule has 11 heavy (non-hydrogen) atoms. The zero-order valence-electron chi connectivity index (χ0n) is 7.02. The van der Waals surface area contributed by atoms with Gasteiger partial charge < -0.3 is 4.74 Å². The second-order valence-corrected chi connectivity index (χ2v) is 3.41. The van der Waals surface area contributed by atoms with Crippen molar-refractivity contribution >= 4 is 0 Å². The summed E-state index contributed by atoms with van der Waals surface area (Å²) in [7, 11) is 0. The third kappa shape index (κ3) is 1.32. The maximum absolute atomic E-state index is 5.56. The SMILES string of the molecule is CC1=CC2=C(CCCO2)CC1. The van der Waals surface area contributed by atoms with Gasteiger partial charge in [-0.05, 0) is 44.3 Å². The Bertz CT molecular complexity index is 223. The molecule has 1 nitrogen and oxygen atoms in total. The van der Waals surface area contributed by atoms with Gasteiger partial charge in [0.25, 0.3) is 0 Å². The van der Waals surface area contributed by atoms with Crippen LogP contribution in [0.2, 0.25) is 0 Å². The molecule has 0 fully saturated rings. The van der Waals surface area contributed by atoms with Gasteiger partial charge in [-0.15, -0.1) is 0 Å². The van der Waals surface area contributed by atoms with Gasteiger partial charge in [-0.3, -0.25) is 0 Å². The Kier molecular flexibility index (Phi) is 1.72. The van der Waals surface area contributed by atoms with Crippen LogP contribution in [-0.4, -0.2) is 6.61 Å². The molecule has 60 valence electrons. The Morgan fingerprint density at radius 2 is 2.18 bits per heavy atom. The molecule has 0 saturated heterocycles. The monoisotopic (exact) mass is 150 g/mol. The summed E-state index contributed by atoms with van der Waals surface area (Å²) in [6.07, 6.45) is 7.16. The lowest BCUT2D eigenvalue weighted by Crippen LogP contribution is -2.08. The predicted molar refractivity (Wildman–Crippen MR) is 45.2 cm³/mol. The summed E-state index contributed by atoms with van der Waals surface area (Å²) in [5.41, 5.74) is 3.01. The molecule has 0 aromatic rings. The molecule has 2 rings (SSSR count). The summed E-state index contributed by atoms with van der Waals surface area (Å²) < 4.78 is 5.56. The first-order chi connectivity index (χ1) is 5.36. The number of allylic oxidation sites excluding steroid dienone is 3. The van der Waals surface area contributed by atoms with Crippen molar-refractivity contribution in [3.8, 4) is 0 Å². The molecule has 0 spiro atoms. The highest BCUT2D eigenvalue weighted by Crippen LogP contribution is 2.30. The molecule has 0 amide bonds. The van der Waals surface area contributed by atoms with E-state index in [1.54, 1.807) is 5.57 Å². The molecule has 0 bridgehead atoms. The second-order valence-electron chi connectivity index (χ2n) is 3.41. The maximum atomic E-state index is 5.56. The zero-order chi connectivity index (χ0) is 7.68. The van der Waals surface area contributed by atoms with Crippen molar-refractivity contribution in [2.24, 2.45) is 0 Å². The number of hydrogen-bond acceptors (Lipinski definition) is 1. The lowest BCUT2D eigenvalue weighted by Gasteiger charge is -2.23. The van der Waals surface area contributed by atoms with Gasteiger partial charge in [-0.1, -0.05) is 5.57 Å². The van der Waals surface area contributed by atoms with Gasteiger partial charge in [-0.25, -0.2) is 0 Å². The maximum Gasteiger partial charge on any atom is 0.118 e. The Balaban J connectivity index is 2.25. The van der Waals surface area contributed by atoms with Crippen LogP contribution < -0.4 is 0 Å². The van der Waals surface area contributed by atoms with E-state index < -0.39 is 0 Å². The van der Waals surface area contributed by atoms with Crippen molar-refractivity contribution in [2.75, 3.05) is 6.61 Å². The van der Waals surface area contributed by atoms with Gasteiger partial charge in [0.15, 0.2) is 0 Å².